The third-order valence-electron chi connectivity index (χ3n) is 2.60. The average Bonchev–Trinajstić information content (AvgIpc) is 2.40. The Kier molecular flexibility index (Phi) is 4.13. The third kappa shape index (κ3) is 3.20. The van der Waals surface area contributed by atoms with Crippen LogP contribution in [-0.2, 0) is 0 Å². The SMILES string of the molecule is C=C(F)CCOc1ccccc1-c1ccccc1. The molecule has 0 aliphatic carbocycles. The molecule has 0 atom stereocenters. The Bertz CT molecular complexity index is 520. The largest absolute Gasteiger partial charge is 0.493 e. The van der Waals surface area contributed by atoms with Gasteiger partial charge in [-0.3, -0.25) is 0 Å². The number of hydrogen-bond donors (Lipinski definition) is 0. The molecule has 0 saturated heterocycles. The van der Waals surface area contributed by atoms with Crippen molar-refractivity contribution >= 4 is 0 Å². The van der Waals surface area contributed by atoms with E-state index >= 15 is 0 Å². The molecule has 0 aliphatic heterocycles. The predicted molar refractivity (Wildman–Crippen MR) is 72.2 cm³/mol. The Labute approximate surface area is 107 Å². The normalized spacial score (nSPS) is 10.1. The first-order valence-corrected chi connectivity index (χ1v) is 5.88. The van der Waals surface area contributed by atoms with Gasteiger partial charge in [0.25, 0.3) is 0 Å². The van der Waals surface area contributed by atoms with E-state index in [1.165, 1.54) is 0 Å². The second-order valence-corrected chi connectivity index (χ2v) is 3.98. The molecule has 18 heavy (non-hydrogen) atoms. The molecule has 0 amide bonds. The Morgan fingerprint density at radius 3 is 2.39 bits per heavy atom. The summed E-state index contributed by atoms with van der Waals surface area (Å²) in [4.78, 5) is 0. The van der Waals surface area contributed by atoms with Crippen LogP contribution in [0.5, 0.6) is 5.75 Å². The maximum atomic E-state index is 12.6. The summed E-state index contributed by atoms with van der Waals surface area (Å²) in [6.07, 6.45) is 0.225. The standard InChI is InChI=1S/C16H15FO/c1-13(17)11-12-18-16-10-6-5-9-15(16)14-7-3-2-4-8-14/h2-10H,1,11-12H2. The minimum Gasteiger partial charge on any atom is -0.493 e. The van der Waals surface area contributed by atoms with E-state index in [1.54, 1.807) is 0 Å². The third-order valence-corrected chi connectivity index (χ3v) is 2.60. The summed E-state index contributed by atoms with van der Waals surface area (Å²) in [6.45, 7) is 3.52. The first kappa shape index (κ1) is 12.4. The van der Waals surface area contributed by atoms with Gasteiger partial charge in [-0.2, -0.15) is 0 Å². The maximum Gasteiger partial charge on any atom is 0.127 e. The zero-order valence-corrected chi connectivity index (χ0v) is 10.1. The van der Waals surface area contributed by atoms with Gasteiger partial charge in [0.1, 0.15) is 5.75 Å². The summed E-state index contributed by atoms with van der Waals surface area (Å²) in [5.74, 6) is 0.414. The summed E-state index contributed by atoms with van der Waals surface area (Å²) < 4.78 is 18.2. The van der Waals surface area contributed by atoms with Crippen molar-refractivity contribution in [3.63, 3.8) is 0 Å². The quantitative estimate of drug-likeness (QED) is 0.744. The molecule has 2 aromatic rings. The highest BCUT2D eigenvalue weighted by molar-refractivity contribution is 5.70. The Morgan fingerprint density at radius 1 is 1.00 bits per heavy atom. The van der Waals surface area contributed by atoms with Crippen LogP contribution in [0, 0.1) is 0 Å². The molecule has 0 unspecified atom stereocenters. The molecule has 0 heterocycles. The van der Waals surface area contributed by atoms with Crippen LogP contribution in [0.25, 0.3) is 11.1 Å². The second kappa shape index (κ2) is 6.01. The molecule has 0 bridgehead atoms. The van der Waals surface area contributed by atoms with Gasteiger partial charge in [0.05, 0.1) is 12.4 Å². The number of para-hydroxylation sites is 1. The van der Waals surface area contributed by atoms with Gasteiger partial charge >= 0.3 is 0 Å². The van der Waals surface area contributed by atoms with Gasteiger partial charge in [-0.15, -0.1) is 0 Å². The van der Waals surface area contributed by atoms with E-state index in [4.69, 9.17) is 4.74 Å². The molecule has 2 heteroatoms. The van der Waals surface area contributed by atoms with Crippen LogP contribution in [-0.4, -0.2) is 6.61 Å². The van der Waals surface area contributed by atoms with Crippen molar-refractivity contribution < 1.29 is 9.13 Å². The predicted octanol–water partition coefficient (Wildman–Crippen LogP) is 4.61. The Morgan fingerprint density at radius 2 is 1.67 bits per heavy atom. The lowest BCUT2D eigenvalue weighted by molar-refractivity contribution is 0.312. The summed E-state index contributed by atoms with van der Waals surface area (Å²) in [6, 6.07) is 17.7. The van der Waals surface area contributed by atoms with Crippen molar-refractivity contribution in [2.45, 2.75) is 6.42 Å². The maximum absolute atomic E-state index is 12.6. The number of rotatable bonds is 5. The topological polar surface area (TPSA) is 9.23 Å². The van der Waals surface area contributed by atoms with Gasteiger partial charge in [-0.1, -0.05) is 55.1 Å². The molecule has 0 aromatic heterocycles. The van der Waals surface area contributed by atoms with Crippen molar-refractivity contribution in [3.05, 3.63) is 67.0 Å². The molecule has 1 nitrogen and oxygen atoms in total. The van der Waals surface area contributed by atoms with E-state index in [1.807, 2.05) is 54.6 Å². The minimum absolute atomic E-state index is 0.225. The van der Waals surface area contributed by atoms with Crippen LogP contribution in [0.4, 0.5) is 4.39 Å². The highest BCUT2D eigenvalue weighted by atomic mass is 19.1. The van der Waals surface area contributed by atoms with Gasteiger partial charge in [-0.05, 0) is 11.6 Å². The molecule has 0 fully saturated rings. The van der Waals surface area contributed by atoms with Gasteiger partial charge in [-0.25, -0.2) is 4.39 Å². The molecule has 0 saturated carbocycles. The molecular weight excluding hydrogens is 227 g/mol. The zero-order valence-electron chi connectivity index (χ0n) is 10.1. The monoisotopic (exact) mass is 242 g/mol. The zero-order chi connectivity index (χ0) is 12.8. The second-order valence-electron chi connectivity index (χ2n) is 3.98. The average molecular weight is 242 g/mol. The first-order chi connectivity index (χ1) is 8.77. The van der Waals surface area contributed by atoms with E-state index in [-0.39, 0.29) is 12.2 Å². The lowest BCUT2D eigenvalue weighted by Gasteiger charge is -2.11. The van der Waals surface area contributed by atoms with Crippen LogP contribution < -0.4 is 4.74 Å². The van der Waals surface area contributed by atoms with Crippen LogP contribution in [0.3, 0.4) is 0 Å². The fourth-order valence-electron chi connectivity index (χ4n) is 1.72. The van der Waals surface area contributed by atoms with Crippen LogP contribution in [0.1, 0.15) is 6.42 Å². The summed E-state index contributed by atoms with van der Waals surface area (Å²) in [5.41, 5.74) is 2.11. The molecular formula is C16H15FO. The molecule has 2 rings (SSSR count). The van der Waals surface area contributed by atoms with Crippen LogP contribution >= 0.6 is 0 Å². The number of hydrogen-bond acceptors (Lipinski definition) is 1. The smallest absolute Gasteiger partial charge is 0.127 e. The molecule has 0 radical (unpaired) electrons. The van der Waals surface area contributed by atoms with Crippen LogP contribution in [0.2, 0.25) is 0 Å². The van der Waals surface area contributed by atoms with E-state index in [2.05, 4.69) is 6.58 Å². The van der Waals surface area contributed by atoms with Crippen molar-refractivity contribution in [1.82, 2.24) is 0 Å². The van der Waals surface area contributed by atoms with Crippen molar-refractivity contribution in [1.29, 1.82) is 0 Å². The molecule has 92 valence electrons. The number of ether oxygens (including phenoxy) is 1. The molecule has 0 spiro atoms. The number of benzene rings is 2. The first-order valence-electron chi connectivity index (χ1n) is 5.88. The van der Waals surface area contributed by atoms with Crippen molar-refractivity contribution in [3.8, 4) is 16.9 Å². The van der Waals surface area contributed by atoms with E-state index < -0.39 is 0 Å². The van der Waals surface area contributed by atoms with E-state index in [0.717, 1.165) is 16.9 Å². The summed E-state index contributed by atoms with van der Waals surface area (Å²) in [7, 11) is 0. The van der Waals surface area contributed by atoms with Gasteiger partial charge in [0.15, 0.2) is 0 Å². The molecule has 0 aliphatic rings. The Hall–Kier alpha value is -2.09. The van der Waals surface area contributed by atoms with Crippen molar-refractivity contribution in [2.75, 3.05) is 6.61 Å². The molecule has 2 aromatic carbocycles. The van der Waals surface area contributed by atoms with E-state index in [9.17, 15) is 4.39 Å². The van der Waals surface area contributed by atoms with Crippen molar-refractivity contribution in [2.24, 2.45) is 0 Å². The van der Waals surface area contributed by atoms with Gasteiger partial charge < -0.3 is 4.74 Å². The fourth-order valence-corrected chi connectivity index (χ4v) is 1.72. The summed E-state index contributed by atoms with van der Waals surface area (Å²) in [5, 5.41) is 0. The highest BCUT2D eigenvalue weighted by Crippen LogP contribution is 2.29. The molecule has 0 N–H and O–H groups in total. The van der Waals surface area contributed by atoms with Gasteiger partial charge in [0, 0.05) is 12.0 Å². The Balaban J connectivity index is 2.18. The minimum atomic E-state index is -0.354. The number of halogens is 1. The lowest BCUT2D eigenvalue weighted by Crippen LogP contribution is -1.98. The summed E-state index contributed by atoms with van der Waals surface area (Å²) >= 11 is 0. The lowest BCUT2D eigenvalue weighted by atomic mass is 10.1. The van der Waals surface area contributed by atoms with Gasteiger partial charge in [0.2, 0.25) is 0 Å². The van der Waals surface area contributed by atoms with Crippen LogP contribution in [0.15, 0.2) is 67.0 Å². The fraction of sp³-hybridized carbons (Fsp3) is 0.125. The van der Waals surface area contributed by atoms with E-state index in [0.29, 0.717) is 6.61 Å². The highest BCUT2D eigenvalue weighted by Gasteiger charge is 2.05.